The molecule has 20 heavy (non-hydrogen) atoms. The van der Waals surface area contributed by atoms with Gasteiger partial charge in [0.1, 0.15) is 11.3 Å². The molecule has 0 aliphatic carbocycles. The fourth-order valence-corrected chi connectivity index (χ4v) is 2.16. The third kappa shape index (κ3) is 2.99. The van der Waals surface area contributed by atoms with Crippen LogP contribution in [0.5, 0.6) is 5.75 Å². The van der Waals surface area contributed by atoms with Crippen LogP contribution in [0.3, 0.4) is 0 Å². The first-order valence-corrected chi connectivity index (χ1v) is 6.45. The smallest absolute Gasteiger partial charge is 0.341 e. The van der Waals surface area contributed by atoms with E-state index in [1.807, 2.05) is 24.3 Å². The molecule has 0 heterocycles. The molecule has 0 aromatic heterocycles. The molecule has 2 aromatic rings. The summed E-state index contributed by atoms with van der Waals surface area (Å²) in [6, 6.07) is 13.8. The van der Waals surface area contributed by atoms with Crippen LogP contribution >= 0.6 is 0 Å². The van der Waals surface area contributed by atoms with Gasteiger partial charge in [0.2, 0.25) is 0 Å². The third-order valence-corrected chi connectivity index (χ3v) is 3.33. The minimum atomic E-state index is -0.381. The van der Waals surface area contributed by atoms with Gasteiger partial charge in [0, 0.05) is 0 Å². The van der Waals surface area contributed by atoms with Crippen molar-refractivity contribution in [3.63, 3.8) is 0 Å². The molecular formula is C17H18O3. The average molecular weight is 270 g/mol. The molecule has 104 valence electrons. The first kappa shape index (κ1) is 14.1. The summed E-state index contributed by atoms with van der Waals surface area (Å²) in [6.45, 7) is 2.08. The van der Waals surface area contributed by atoms with E-state index in [2.05, 4.69) is 19.1 Å². The number of esters is 1. The molecule has 0 spiro atoms. The first-order valence-electron chi connectivity index (χ1n) is 6.45. The lowest BCUT2D eigenvalue weighted by Gasteiger charge is -2.10. The van der Waals surface area contributed by atoms with Gasteiger partial charge in [0.05, 0.1) is 14.2 Å². The summed E-state index contributed by atoms with van der Waals surface area (Å²) in [4.78, 5) is 11.8. The number of carbonyl (C=O) groups is 1. The molecule has 0 unspecified atom stereocenters. The fraction of sp³-hybridized carbons (Fsp3) is 0.235. The number of hydrogen-bond donors (Lipinski definition) is 0. The highest BCUT2D eigenvalue weighted by molar-refractivity contribution is 5.92. The summed E-state index contributed by atoms with van der Waals surface area (Å²) in [5.41, 5.74) is 4.00. The Labute approximate surface area is 119 Å². The Balaban J connectivity index is 2.34. The minimum Gasteiger partial charge on any atom is -0.496 e. The second kappa shape index (κ2) is 6.24. The number of rotatable bonds is 4. The van der Waals surface area contributed by atoms with E-state index in [1.54, 1.807) is 13.2 Å². The Morgan fingerprint density at radius 2 is 1.85 bits per heavy atom. The van der Waals surface area contributed by atoms with Gasteiger partial charge in [0.15, 0.2) is 0 Å². The van der Waals surface area contributed by atoms with Gasteiger partial charge in [-0.3, -0.25) is 0 Å². The van der Waals surface area contributed by atoms with Crippen LogP contribution in [0.15, 0.2) is 42.5 Å². The molecule has 2 rings (SSSR count). The predicted octanol–water partition coefficient (Wildman–Crippen LogP) is 3.38. The van der Waals surface area contributed by atoms with E-state index in [9.17, 15) is 4.79 Å². The zero-order chi connectivity index (χ0) is 14.5. The largest absolute Gasteiger partial charge is 0.496 e. The van der Waals surface area contributed by atoms with Gasteiger partial charge in [-0.05, 0) is 42.2 Å². The molecule has 3 nitrogen and oxygen atoms in total. The predicted molar refractivity (Wildman–Crippen MR) is 78.3 cm³/mol. The lowest BCUT2D eigenvalue weighted by molar-refractivity contribution is 0.0597. The van der Waals surface area contributed by atoms with E-state index in [1.165, 1.54) is 18.2 Å². The van der Waals surface area contributed by atoms with E-state index >= 15 is 0 Å². The Morgan fingerprint density at radius 1 is 1.10 bits per heavy atom. The summed E-state index contributed by atoms with van der Waals surface area (Å²) >= 11 is 0. The van der Waals surface area contributed by atoms with Gasteiger partial charge >= 0.3 is 5.97 Å². The monoisotopic (exact) mass is 270 g/mol. The normalized spacial score (nSPS) is 10.2. The number of ether oxygens (including phenoxy) is 2. The Bertz CT molecular complexity index is 617. The van der Waals surface area contributed by atoms with E-state index in [-0.39, 0.29) is 5.97 Å². The van der Waals surface area contributed by atoms with Crippen molar-refractivity contribution in [1.29, 1.82) is 0 Å². The van der Waals surface area contributed by atoms with Crippen LogP contribution in [0.25, 0.3) is 0 Å². The zero-order valence-corrected chi connectivity index (χ0v) is 12.0. The first-order chi connectivity index (χ1) is 9.65. The molecule has 0 saturated heterocycles. The van der Waals surface area contributed by atoms with Gasteiger partial charge < -0.3 is 9.47 Å². The second-order valence-electron chi connectivity index (χ2n) is 4.63. The molecule has 0 fully saturated rings. The zero-order valence-electron chi connectivity index (χ0n) is 12.0. The van der Waals surface area contributed by atoms with Crippen LogP contribution in [-0.4, -0.2) is 20.2 Å². The molecule has 0 saturated carbocycles. The molecule has 0 amide bonds. The molecule has 0 aliphatic heterocycles. The van der Waals surface area contributed by atoms with Crippen LogP contribution in [0.1, 0.15) is 27.0 Å². The molecule has 0 radical (unpaired) electrons. The van der Waals surface area contributed by atoms with Crippen molar-refractivity contribution in [2.75, 3.05) is 14.2 Å². The molecule has 0 atom stereocenters. The van der Waals surface area contributed by atoms with Crippen molar-refractivity contribution in [2.45, 2.75) is 13.3 Å². The summed E-state index contributed by atoms with van der Waals surface area (Å²) in [5, 5.41) is 0. The van der Waals surface area contributed by atoms with Gasteiger partial charge in [0.25, 0.3) is 0 Å². The standard InChI is InChI=1S/C17H18O3/c1-12-6-4-5-7-14(12)10-13-8-9-16(19-2)15(11-13)17(18)20-3/h4-9,11H,10H2,1-3H3. The molecule has 3 heteroatoms. The van der Waals surface area contributed by atoms with Gasteiger partial charge in [-0.15, -0.1) is 0 Å². The Morgan fingerprint density at radius 3 is 2.50 bits per heavy atom. The maximum Gasteiger partial charge on any atom is 0.341 e. The minimum absolute atomic E-state index is 0.381. The number of carbonyl (C=O) groups excluding carboxylic acids is 1. The summed E-state index contributed by atoms with van der Waals surface area (Å²) < 4.78 is 9.99. The molecular weight excluding hydrogens is 252 g/mol. The van der Waals surface area contributed by atoms with E-state index in [4.69, 9.17) is 9.47 Å². The number of methoxy groups -OCH3 is 2. The lowest BCUT2D eigenvalue weighted by Crippen LogP contribution is -2.05. The number of benzene rings is 2. The molecule has 2 aromatic carbocycles. The SMILES string of the molecule is COC(=O)c1cc(Cc2ccccc2C)ccc1OC. The van der Waals surface area contributed by atoms with Crippen molar-refractivity contribution < 1.29 is 14.3 Å². The summed E-state index contributed by atoms with van der Waals surface area (Å²) in [5.74, 6) is 0.152. The van der Waals surface area contributed by atoms with Crippen molar-refractivity contribution >= 4 is 5.97 Å². The van der Waals surface area contributed by atoms with Crippen LogP contribution in [0, 0.1) is 6.92 Å². The maximum absolute atomic E-state index is 11.8. The van der Waals surface area contributed by atoms with Crippen LogP contribution in [0.2, 0.25) is 0 Å². The van der Waals surface area contributed by atoms with Crippen LogP contribution in [0.4, 0.5) is 0 Å². The molecule has 0 bridgehead atoms. The van der Waals surface area contributed by atoms with E-state index < -0.39 is 0 Å². The highest BCUT2D eigenvalue weighted by Crippen LogP contribution is 2.23. The number of aryl methyl sites for hydroxylation is 1. The van der Waals surface area contributed by atoms with E-state index in [0.29, 0.717) is 11.3 Å². The van der Waals surface area contributed by atoms with Crippen LogP contribution in [-0.2, 0) is 11.2 Å². The van der Waals surface area contributed by atoms with Gasteiger partial charge in [-0.2, -0.15) is 0 Å². The fourth-order valence-electron chi connectivity index (χ4n) is 2.16. The van der Waals surface area contributed by atoms with Crippen molar-refractivity contribution in [2.24, 2.45) is 0 Å². The van der Waals surface area contributed by atoms with Crippen molar-refractivity contribution in [3.8, 4) is 5.75 Å². The third-order valence-electron chi connectivity index (χ3n) is 3.33. The van der Waals surface area contributed by atoms with Gasteiger partial charge in [-0.1, -0.05) is 30.3 Å². The van der Waals surface area contributed by atoms with Crippen molar-refractivity contribution in [1.82, 2.24) is 0 Å². The van der Waals surface area contributed by atoms with Crippen molar-refractivity contribution in [3.05, 3.63) is 64.7 Å². The second-order valence-corrected chi connectivity index (χ2v) is 4.63. The van der Waals surface area contributed by atoms with Gasteiger partial charge in [-0.25, -0.2) is 4.79 Å². The molecule has 0 aliphatic rings. The highest BCUT2D eigenvalue weighted by atomic mass is 16.5. The number of hydrogen-bond acceptors (Lipinski definition) is 3. The quantitative estimate of drug-likeness (QED) is 0.799. The highest BCUT2D eigenvalue weighted by Gasteiger charge is 2.13. The summed E-state index contributed by atoms with van der Waals surface area (Å²) in [7, 11) is 2.92. The molecule has 0 N–H and O–H groups in total. The lowest BCUT2D eigenvalue weighted by atomic mass is 9.99. The Hall–Kier alpha value is -2.29. The average Bonchev–Trinajstić information content (AvgIpc) is 2.48. The summed E-state index contributed by atoms with van der Waals surface area (Å²) in [6.07, 6.45) is 0.778. The topological polar surface area (TPSA) is 35.5 Å². The van der Waals surface area contributed by atoms with E-state index in [0.717, 1.165) is 12.0 Å². The Kier molecular flexibility index (Phi) is 4.41. The maximum atomic E-state index is 11.8. The van der Waals surface area contributed by atoms with Crippen LogP contribution < -0.4 is 4.74 Å².